The molecule has 29 heavy (non-hydrogen) atoms. The van der Waals surface area contributed by atoms with E-state index in [1.54, 1.807) is 39.5 Å². The summed E-state index contributed by atoms with van der Waals surface area (Å²) in [7, 11) is 6.60. The van der Waals surface area contributed by atoms with Gasteiger partial charge in [-0.05, 0) is 24.3 Å². The number of methoxy groups -OCH3 is 3. The van der Waals surface area contributed by atoms with E-state index in [4.69, 9.17) is 14.2 Å². The molecule has 0 bridgehead atoms. The molecule has 0 spiro atoms. The smallest absolute Gasteiger partial charge is 0.234 e. The van der Waals surface area contributed by atoms with Gasteiger partial charge < -0.3 is 24.1 Å². The van der Waals surface area contributed by atoms with Gasteiger partial charge in [0.1, 0.15) is 17.2 Å². The highest BCUT2D eigenvalue weighted by Crippen LogP contribution is 2.30. The van der Waals surface area contributed by atoms with Crippen molar-refractivity contribution in [1.29, 1.82) is 0 Å². The van der Waals surface area contributed by atoms with Crippen LogP contribution < -0.4 is 19.5 Å². The van der Waals surface area contributed by atoms with Gasteiger partial charge in [0.05, 0.1) is 32.8 Å². The first-order chi connectivity index (χ1) is 14.0. The van der Waals surface area contributed by atoms with Crippen molar-refractivity contribution >= 4 is 23.4 Å². The van der Waals surface area contributed by atoms with E-state index in [-0.39, 0.29) is 11.7 Å². The number of carbonyl (C=O) groups is 1. The van der Waals surface area contributed by atoms with Crippen molar-refractivity contribution in [3.05, 3.63) is 42.5 Å². The van der Waals surface area contributed by atoms with Crippen LogP contribution in [-0.4, -0.2) is 47.8 Å². The van der Waals surface area contributed by atoms with E-state index in [0.29, 0.717) is 28.2 Å². The van der Waals surface area contributed by atoms with Crippen LogP contribution in [0.15, 0.2) is 47.6 Å². The molecule has 0 radical (unpaired) electrons. The number of aromatic nitrogens is 3. The van der Waals surface area contributed by atoms with E-state index < -0.39 is 0 Å². The molecule has 0 aliphatic rings. The quantitative estimate of drug-likeness (QED) is 0.566. The van der Waals surface area contributed by atoms with Crippen molar-refractivity contribution in [2.75, 3.05) is 32.4 Å². The van der Waals surface area contributed by atoms with Crippen LogP contribution in [-0.2, 0) is 11.8 Å². The van der Waals surface area contributed by atoms with Crippen LogP contribution in [0, 0.1) is 0 Å². The molecule has 0 aliphatic heterocycles. The molecule has 0 aliphatic carbocycles. The molecular formula is C20H22N4O4S. The number of hydrogen-bond donors (Lipinski definition) is 1. The molecule has 1 N–H and O–H groups in total. The maximum absolute atomic E-state index is 12.4. The molecule has 3 aromatic rings. The van der Waals surface area contributed by atoms with Gasteiger partial charge in [-0.1, -0.05) is 23.9 Å². The summed E-state index contributed by atoms with van der Waals surface area (Å²) in [6, 6.07) is 12.8. The van der Waals surface area contributed by atoms with E-state index in [1.165, 1.54) is 11.8 Å². The molecule has 3 rings (SSSR count). The Bertz CT molecular complexity index is 1010. The summed E-state index contributed by atoms with van der Waals surface area (Å²) in [6.45, 7) is 0. The summed E-state index contributed by atoms with van der Waals surface area (Å²) in [5.41, 5.74) is 1.47. The molecular weight excluding hydrogens is 392 g/mol. The van der Waals surface area contributed by atoms with Crippen LogP contribution in [0.3, 0.4) is 0 Å². The minimum Gasteiger partial charge on any atom is -0.497 e. The van der Waals surface area contributed by atoms with Crippen LogP contribution in [0.5, 0.6) is 17.2 Å². The Kier molecular flexibility index (Phi) is 6.61. The summed E-state index contributed by atoms with van der Waals surface area (Å²) in [5.74, 6) is 2.62. The molecule has 0 atom stereocenters. The number of nitrogens with zero attached hydrogens (tertiary/aromatic N) is 3. The zero-order valence-electron chi connectivity index (χ0n) is 16.6. The maximum Gasteiger partial charge on any atom is 0.234 e. The van der Waals surface area contributed by atoms with Crippen molar-refractivity contribution in [2.45, 2.75) is 5.16 Å². The molecule has 1 amide bonds. The van der Waals surface area contributed by atoms with Crippen LogP contribution in [0.1, 0.15) is 0 Å². The highest BCUT2D eigenvalue weighted by Gasteiger charge is 2.15. The molecule has 0 saturated carbocycles. The molecule has 9 heteroatoms. The number of thioether (sulfide) groups is 1. The monoisotopic (exact) mass is 414 g/mol. The molecule has 0 unspecified atom stereocenters. The number of rotatable bonds is 8. The van der Waals surface area contributed by atoms with E-state index >= 15 is 0 Å². The molecule has 1 aromatic heterocycles. The summed E-state index contributed by atoms with van der Waals surface area (Å²) in [4.78, 5) is 12.4. The van der Waals surface area contributed by atoms with Gasteiger partial charge in [0, 0.05) is 18.7 Å². The fourth-order valence-electron chi connectivity index (χ4n) is 2.67. The lowest BCUT2D eigenvalue weighted by Crippen LogP contribution is -2.15. The second kappa shape index (κ2) is 9.33. The highest BCUT2D eigenvalue weighted by molar-refractivity contribution is 7.99. The van der Waals surface area contributed by atoms with Crippen LogP contribution >= 0.6 is 11.8 Å². The highest BCUT2D eigenvalue weighted by atomic mass is 32.2. The first-order valence-corrected chi connectivity index (χ1v) is 9.72. The fourth-order valence-corrected chi connectivity index (χ4v) is 3.38. The minimum atomic E-state index is -0.176. The Morgan fingerprint density at radius 2 is 1.79 bits per heavy atom. The van der Waals surface area contributed by atoms with Crippen LogP contribution in [0.25, 0.3) is 11.4 Å². The summed E-state index contributed by atoms with van der Waals surface area (Å²) in [6.07, 6.45) is 0. The lowest BCUT2D eigenvalue weighted by Gasteiger charge is -2.11. The summed E-state index contributed by atoms with van der Waals surface area (Å²) in [5, 5.41) is 11.9. The summed E-state index contributed by atoms with van der Waals surface area (Å²) >= 11 is 1.30. The van der Waals surface area contributed by atoms with E-state index in [1.807, 2.05) is 35.9 Å². The van der Waals surface area contributed by atoms with Crippen LogP contribution in [0.2, 0.25) is 0 Å². The van der Waals surface area contributed by atoms with Crippen molar-refractivity contribution in [1.82, 2.24) is 14.8 Å². The Labute approximate surface area is 173 Å². The second-order valence-electron chi connectivity index (χ2n) is 6.00. The third-order valence-electron chi connectivity index (χ3n) is 4.18. The van der Waals surface area contributed by atoms with Crippen molar-refractivity contribution in [3.63, 3.8) is 0 Å². The van der Waals surface area contributed by atoms with Gasteiger partial charge in [-0.25, -0.2) is 0 Å². The van der Waals surface area contributed by atoms with Crippen molar-refractivity contribution < 1.29 is 19.0 Å². The largest absolute Gasteiger partial charge is 0.497 e. The maximum atomic E-state index is 12.4. The molecule has 0 fully saturated rings. The van der Waals surface area contributed by atoms with Gasteiger partial charge in [0.2, 0.25) is 5.91 Å². The second-order valence-corrected chi connectivity index (χ2v) is 6.94. The minimum absolute atomic E-state index is 0.176. The Morgan fingerprint density at radius 3 is 2.52 bits per heavy atom. The zero-order chi connectivity index (χ0) is 20.8. The average Bonchev–Trinajstić information content (AvgIpc) is 3.12. The van der Waals surface area contributed by atoms with Gasteiger partial charge in [0.15, 0.2) is 11.0 Å². The number of ether oxygens (including phenoxy) is 3. The summed E-state index contributed by atoms with van der Waals surface area (Å²) < 4.78 is 17.6. The predicted molar refractivity (Wildman–Crippen MR) is 112 cm³/mol. The normalized spacial score (nSPS) is 10.5. The lowest BCUT2D eigenvalue weighted by atomic mass is 10.2. The van der Waals surface area contributed by atoms with Crippen molar-refractivity contribution in [3.8, 4) is 28.6 Å². The fraction of sp³-hybridized carbons (Fsp3) is 0.250. The van der Waals surface area contributed by atoms with Gasteiger partial charge in [-0.15, -0.1) is 10.2 Å². The van der Waals surface area contributed by atoms with E-state index in [9.17, 15) is 4.79 Å². The molecule has 152 valence electrons. The number of benzene rings is 2. The number of amides is 1. The Morgan fingerprint density at radius 1 is 1.03 bits per heavy atom. The number of carbonyl (C=O) groups excluding carboxylic acids is 1. The third-order valence-corrected chi connectivity index (χ3v) is 5.20. The third kappa shape index (κ3) is 4.80. The van der Waals surface area contributed by atoms with Crippen molar-refractivity contribution in [2.24, 2.45) is 7.05 Å². The Hall–Kier alpha value is -3.20. The van der Waals surface area contributed by atoms with Gasteiger partial charge in [-0.3, -0.25) is 4.79 Å². The van der Waals surface area contributed by atoms with Gasteiger partial charge in [-0.2, -0.15) is 0 Å². The molecule has 2 aromatic carbocycles. The lowest BCUT2D eigenvalue weighted by molar-refractivity contribution is -0.113. The van der Waals surface area contributed by atoms with Crippen LogP contribution in [0.4, 0.5) is 5.69 Å². The zero-order valence-corrected chi connectivity index (χ0v) is 17.4. The van der Waals surface area contributed by atoms with Gasteiger partial charge in [0.25, 0.3) is 0 Å². The van der Waals surface area contributed by atoms with E-state index in [0.717, 1.165) is 11.3 Å². The topological polar surface area (TPSA) is 87.5 Å². The van der Waals surface area contributed by atoms with E-state index in [2.05, 4.69) is 15.5 Å². The predicted octanol–water partition coefficient (Wildman–Crippen LogP) is 3.24. The standard InChI is InChI=1S/C20H22N4O4S/c1-24-19(13-6-5-7-14(10-13)26-2)22-23-20(24)29-12-18(25)21-16-9-8-15(27-3)11-17(16)28-4/h5-11H,12H2,1-4H3,(H,21,25). The first-order valence-electron chi connectivity index (χ1n) is 8.74. The SMILES string of the molecule is COc1cccc(-c2nnc(SCC(=O)Nc3ccc(OC)cc3OC)n2C)c1. The number of hydrogen-bond acceptors (Lipinski definition) is 7. The average molecular weight is 414 g/mol. The Balaban J connectivity index is 1.66. The molecule has 8 nitrogen and oxygen atoms in total. The van der Waals surface area contributed by atoms with Gasteiger partial charge >= 0.3 is 0 Å². The number of anilines is 1. The first kappa shape index (κ1) is 20.5. The molecule has 0 saturated heterocycles. The molecule has 1 heterocycles. The number of nitrogens with one attached hydrogen (secondary N) is 1.